The minimum absolute atomic E-state index is 0. The number of ether oxygens (including phenoxy) is 3. The van der Waals surface area contributed by atoms with E-state index in [1.165, 1.54) is 22.3 Å². The maximum atomic E-state index is 5.50. The van der Waals surface area contributed by atoms with E-state index in [0.29, 0.717) is 0 Å². The summed E-state index contributed by atoms with van der Waals surface area (Å²) in [5, 5.41) is 3.59. The van der Waals surface area contributed by atoms with Crippen LogP contribution in [0.25, 0.3) is 0 Å². The van der Waals surface area contributed by atoms with Gasteiger partial charge in [0.15, 0.2) is 17.5 Å². The first-order valence-electron chi connectivity index (χ1n) is 11.3. The summed E-state index contributed by atoms with van der Waals surface area (Å²) < 4.78 is 16.5. The van der Waals surface area contributed by atoms with Crippen molar-refractivity contribution < 1.29 is 14.2 Å². The third-order valence-electron chi connectivity index (χ3n) is 6.28. The highest BCUT2D eigenvalue weighted by atomic mass is 127. The first kappa shape index (κ1) is 25.6. The van der Waals surface area contributed by atoms with Gasteiger partial charge in [0.1, 0.15) is 0 Å². The minimum Gasteiger partial charge on any atom is -0.493 e. The molecule has 2 aromatic rings. The number of benzene rings is 2. The first-order valence-corrected chi connectivity index (χ1v) is 11.3. The number of nitrogens with one attached hydrogen (secondary N) is 1. The molecule has 0 amide bonds. The maximum absolute atomic E-state index is 5.50. The Morgan fingerprint density at radius 2 is 1.67 bits per heavy atom. The Kier molecular flexibility index (Phi) is 9.64. The van der Waals surface area contributed by atoms with Crippen LogP contribution >= 0.6 is 24.0 Å². The molecule has 8 heteroatoms. The second kappa shape index (κ2) is 12.4. The molecular formula is C25H35IN4O3. The Morgan fingerprint density at radius 3 is 2.33 bits per heavy atom. The lowest BCUT2D eigenvalue weighted by Crippen LogP contribution is -2.44. The highest BCUT2D eigenvalue weighted by Crippen LogP contribution is 2.33. The van der Waals surface area contributed by atoms with Crippen LogP contribution in [0.1, 0.15) is 22.3 Å². The lowest BCUT2D eigenvalue weighted by molar-refractivity contribution is 0.0341. The van der Waals surface area contributed by atoms with Gasteiger partial charge in [0.25, 0.3) is 0 Å². The number of guanidine groups is 1. The van der Waals surface area contributed by atoms with Crippen LogP contribution in [0.2, 0.25) is 0 Å². The molecule has 0 unspecified atom stereocenters. The van der Waals surface area contributed by atoms with Gasteiger partial charge in [-0.3, -0.25) is 9.89 Å². The van der Waals surface area contributed by atoms with Gasteiger partial charge < -0.3 is 24.4 Å². The van der Waals surface area contributed by atoms with Crippen LogP contribution in [-0.2, 0) is 30.8 Å². The number of aliphatic imine (C=N–C) groups is 1. The smallest absolute Gasteiger partial charge is 0.194 e. The van der Waals surface area contributed by atoms with E-state index in [2.05, 4.69) is 56.5 Å². The normalized spacial score (nSPS) is 16.6. The fourth-order valence-corrected chi connectivity index (χ4v) is 4.45. The van der Waals surface area contributed by atoms with Gasteiger partial charge in [-0.05, 0) is 40.8 Å². The molecule has 2 heterocycles. The summed E-state index contributed by atoms with van der Waals surface area (Å²) in [5.41, 5.74) is 5.23. The summed E-state index contributed by atoms with van der Waals surface area (Å²) in [6, 6.07) is 12.9. The number of halogens is 1. The maximum Gasteiger partial charge on any atom is 0.194 e. The zero-order valence-electron chi connectivity index (χ0n) is 19.8. The van der Waals surface area contributed by atoms with Crippen LogP contribution in [0.3, 0.4) is 0 Å². The molecule has 180 valence electrons. The number of hydrogen-bond acceptors (Lipinski definition) is 5. The van der Waals surface area contributed by atoms with E-state index in [1.807, 2.05) is 7.05 Å². The van der Waals surface area contributed by atoms with Crippen LogP contribution in [0.15, 0.2) is 41.4 Å². The zero-order chi connectivity index (χ0) is 22.3. The summed E-state index contributed by atoms with van der Waals surface area (Å²) in [5.74, 6) is 2.48. The van der Waals surface area contributed by atoms with Crippen molar-refractivity contribution >= 4 is 29.9 Å². The van der Waals surface area contributed by atoms with Gasteiger partial charge in [-0.25, -0.2) is 0 Å². The van der Waals surface area contributed by atoms with Crippen LogP contribution < -0.4 is 14.8 Å². The van der Waals surface area contributed by atoms with Crippen molar-refractivity contribution in [3.63, 3.8) is 0 Å². The van der Waals surface area contributed by atoms with Crippen LogP contribution in [0, 0.1) is 0 Å². The van der Waals surface area contributed by atoms with E-state index >= 15 is 0 Å². The van der Waals surface area contributed by atoms with Gasteiger partial charge >= 0.3 is 0 Å². The Labute approximate surface area is 214 Å². The molecule has 0 bridgehead atoms. The minimum atomic E-state index is 0. The zero-order valence-corrected chi connectivity index (χ0v) is 22.1. The second-order valence-corrected chi connectivity index (χ2v) is 8.21. The van der Waals surface area contributed by atoms with Crippen molar-refractivity contribution in [2.24, 2.45) is 4.99 Å². The molecule has 4 rings (SSSR count). The fourth-order valence-electron chi connectivity index (χ4n) is 4.45. The molecule has 0 spiro atoms. The third-order valence-corrected chi connectivity index (χ3v) is 6.28. The molecule has 33 heavy (non-hydrogen) atoms. The fraction of sp³-hybridized carbons (Fsp3) is 0.480. The molecule has 2 aromatic carbocycles. The number of methoxy groups -OCH3 is 2. The van der Waals surface area contributed by atoms with Gasteiger partial charge in [-0.2, -0.15) is 0 Å². The summed E-state index contributed by atoms with van der Waals surface area (Å²) in [6.45, 7) is 7.04. The van der Waals surface area contributed by atoms with Gasteiger partial charge in [0, 0.05) is 46.3 Å². The van der Waals surface area contributed by atoms with E-state index in [4.69, 9.17) is 14.2 Å². The number of morpholine rings is 1. The molecule has 2 aliphatic heterocycles. The Hall–Kier alpha value is -2.04. The van der Waals surface area contributed by atoms with Crippen LogP contribution in [0.4, 0.5) is 0 Å². The van der Waals surface area contributed by atoms with Crippen molar-refractivity contribution in [3.05, 3.63) is 58.7 Å². The van der Waals surface area contributed by atoms with Crippen molar-refractivity contribution in [2.45, 2.75) is 26.1 Å². The predicted molar refractivity (Wildman–Crippen MR) is 142 cm³/mol. The Balaban J connectivity index is 0.00000306. The van der Waals surface area contributed by atoms with Gasteiger partial charge in [0.05, 0.1) is 27.4 Å². The predicted octanol–water partition coefficient (Wildman–Crippen LogP) is 3.29. The highest BCUT2D eigenvalue weighted by Gasteiger charge is 2.22. The van der Waals surface area contributed by atoms with E-state index in [1.54, 1.807) is 14.2 Å². The van der Waals surface area contributed by atoms with E-state index in [0.717, 1.165) is 76.4 Å². The van der Waals surface area contributed by atoms with Crippen molar-refractivity contribution in [3.8, 4) is 11.5 Å². The summed E-state index contributed by atoms with van der Waals surface area (Å²) >= 11 is 0. The lowest BCUT2D eigenvalue weighted by Gasteiger charge is -2.32. The summed E-state index contributed by atoms with van der Waals surface area (Å²) in [6.07, 6.45) is 0.948. The molecule has 1 N–H and O–H groups in total. The molecule has 1 fully saturated rings. The number of nitrogens with zero attached hydrogens (tertiary/aromatic N) is 3. The molecule has 0 saturated carbocycles. The molecule has 1 saturated heterocycles. The molecule has 0 atom stereocenters. The average molecular weight is 566 g/mol. The number of fused-ring (bicyclic) bond motifs is 1. The molecule has 0 radical (unpaired) electrons. The molecular weight excluding hydrogens is 531 g/mol. The Morgan fingerprint density at radius 1 is 1.00 bits per heavy atom. The Bertz CT molecular complexity index is 947. The second-order valence-electron chi connectivity index (χ2n) is 8.21. The molecule has 0 aliphatic carbocycles. The standard InChI is InChI=1S/C25H34N4O3.HI/c1-26-25(29-9-8-19-14-23(30-2)24(31-3)15-22(19)18-29)27-16-20-6-4-5-7-21(20)17-28-10-12-32-13-11-28;/h4-7,14-15H,8-13,16-18H2,1-3H3,(H,26,27);1H. The van der Waals surface area contributed by atoms with Crippen LogP contribution in [-0.4, -0.2) is 69.9 Å². The van der Waals surface area contributed by atoms with E-state index in [-0.39, 0.29) is 24.0 Å². The van der Waals surface area contributed by atoms with Gasteiger partial charge in [-0.1, -0.05) is 24.3 Å². The third kappa shape index (κ3) is 6.30. The van der Waals surface area contributed by atoms with Crippen molar-refractivity contribution in [2.75, 3.05) is 54.1 Å². The van der Waals surface area contributed by atoms with Crippen molar-refractivity contribution in [1.29, 1.82) is 0 Å². The topological polar surface area (TPSA) is 58.6 Å². The molecule has 0 aromatic heterocycles. The van der Waals surface area contributed by atoms with Crippen molar-refractivity contribution in [1.82, 2.24) is 15.1 Å². The lowest BCUT2D eigenvalue weighted by atomic mass is 9.99. The molecule has 7 nitrogen and oxygen atoms in total. The SMILES string of the molecule is CN=C(NCc1ccccc1CN1CCOCC1)N1CCc2cc(OC)c(OC)cc2C1.I. The van der Waals surface area contributed by atoms with E-state index < -0.39 is 0 Å². The molecule has 2 aliphatic rings. The van der Waals surface area contributed by atoms with E-state index in [9.17, 15) is 0 Å². The monoisotopic (exact) mass is 566 g/mol. The van der Waals surface area contributed by atoms with Gasteiger partial charge in [0.2, 0.25) is 0 Å². The first-order chi connectivity index (χ1) is 15.7. The summed E-state index contributed by atoms with van der Waals surface area (Å²) in [7, 11) is 5.22. The number of rotatable bonds is 6. The average Bonchev–Trinajstić information content (AvgIpc) is 2.85. The largest absolute Gasteiger partial charge is 0.493 e. The number of hydrogen-bond donors (Lipinski definition) is 1. The van der Waals surface area contributed by atoms with Crippen LogP contribution in [0.5, 0.6) is 11.5 Å². The van der Waals surface area contributed by atoms with Gasteiger partial charge in [-0.15, -0.1) is 24.0 Å². The summed E-state index contributed by atoms with van der Waals surface area (Å²) in [4.78, 5) is 9.33. The quantitative estimate of drug-likeness (QED) is 0.329. The highest BCUT2D eigenvalue weighted by molar-refractivity contribution is 14.0.